The Balaban J connectivity index is 1.82. The maximum atomic E-state index is 12.0. The van der Waals surface area contributed by atoms with Gasteiger partial charge in [-0.3, -0.25) is 0 Å². The number of rotatable bonds is 2. The van der Waals surface area contributed by atoms with Gasteiger partial charge in [0.1, 0.15) is 11.0 Å². The van der Waals surface area contributed by atoms with Crippen LogP contribution in [0.25, 0.3) is 10.1 Å². The number of fused-ring (bicyclic) bond motifs is 1. The van der Waals surface area contributed by atoms with Crippen molar-refractivity contribution >= 4 is 33.1 Å². The van der Waals surface area contributed by atoms with Gasteiger partial charge < -0.3 is 10.5 Å². The van der Waals surface area contributed by atoms with Gasteiger partial charge in [-0.2, -0.15) is 0 Å². The summed E-state index contributed by atoms with van der Waals surface area (Å²) in [6.07, 6.45) is 4.46. The first kappa shape index (κ1) is 11.5. The van der Waals surface area contributed by atoms with Crippen molar-refractivity contribution in [1.29, 1.82) is 0 Å². The fourth-order valence-electron chi connectivity index (χ4n) is 2.38. The molecule has 0 aliphatic heterocycles. The van der Waals surface area contributed by atoms with E-state index in [2.05, 4.69) is 0 Å². The summed E-state index contributed by atoms with van der Waals surface area (Å²) in [5.41, 5.74) is 6.45. The van der Waals surface area contributed by atoms with E-state index in [-0.39, 0.29) is 12.1 Å². The number of ether oxygens (including phenoxy) is 1. The number of esters is 1. The Bertz CT molecular complexity index is 584. The minimum absolute atomic E-state index is 0.118. The first-order valence-electron chi connectivity index (χ1n) is 6.22. The van der Waals surface area contributed by atoms with Crippen LogP contribution in [0.4, 0.5) is 5.69 Å². The van der Waals surface area contributed by atoms with Crippen molar-refractivity contribution in [3.05, 3.63) is 29.1 Å². The summed E-state index contributed by atoms with van der Waals surface area (Å²) in [6, 6.07) is 7.55. The number of nitrogen functional groups attached to an aromatic ring is 1. The maximum Gasteiger partial charge on any atom is 0.348 e. The quantitative estimate of drug-likeness (QED) is 0.664. The van der Waals surface area contributed by atoms with Gasteiger partial charge in [-0.05, 0) is 55.3 Å². The van der Waals surface area contributed by atoms with E-state index in [1.807, 2.05) is 24.3 Å². The van der Waals surface area contributed by atoms with Crippen LogP contribution < -0.4 is 5.73 Å². The predicted octanol–water partition coefficient (Wildman–Crippen LogP) is 3.58. The third kappa shape index (κ3) is 2.20. The molecule has 1 saturated carbocycles. The van der Waals surface area contributed by atoms with E-state index in [4.69, 9.17) is 10.5 Å². The van der Waals surface area contributed by atoms with Crippen LogP contribution in [0.2, 0.25) is 0 Å². The fourth-order valence-corrected chi connectivity index (χ4v) is 3.30. The number of thiophene rings is 1. The van der Waals surface area contributed by atoms with Gasteiger partial charge in [-0.25, -0.2) is 4.79 Å². The number of hydrogen-bond donors (Lipinski definition) is 1. The smallest absolute Gasteiger partial charge is 0.348 e. The number of hydrogen-bond acceptors (Lipinski definition) is 4. The van der Waals surface area contributed by atoms with Crippen LogP contribution in [0.15, 0.2) is 24.3 Å². The van der Waals surface area contributed by atoms with Crippen molar-refractivity contribution in [2.75, 3.05) is 5.73 Å². The number of benzene rings is 1. The molecule has 0 bridgehead atoms. The molecule has 3 nitrogen and oxygen atoms in total. The molecule has 1 aliphatic carbocycles. The fraction of sp³-hybridized carbons (Fsp3) is 0.357. The van der Waals surface area contributed by atoms with Crippen molar-refractivity contribution in [3.8, 4) is 0 Å². The van der Waals surface area contributed by atoms with E-state index in [9.17, 15) is 4.79 Å². The Kier molecular flexibility index (Phi) is 2.96. The molecule has 1 heterocycles. The maximum absolute atomic E-state index is 12.0. The standard InChI is InChI=1S/C14H15NO2S/c15-10-5-6-12-9(7-10)8-13(18-12)14(16)17-11-3-1-2-4-11/h5-8,11H,1-4,15H2. The Morgan fingerprint density at radius 1 is 1.28 bits per heavy atom. The highest BCUT2D eigenvalue weighted by molar-refractivity contribution is 7.20. The molecule has 0 radical (unpaired) electrons. The number of carbonyl (C=O) groups excluding carboxylic acids is 1. The summed E-state index contributed by atoms with van der Waals surface area (Å²) in [4.78, 5) is 12.7. The van der Waals surface area contributed by atoms with Gasteiger partial charge in [0.05, 0.1) is 0 Å². The van der Waals surface area contributed by atoms with E-state index in [0.29, 0.717) is 4.88 Å². The van der Waals surface area contributed by atoms with Gasteiger partial charge in [0.15, 0.2) is 0 Å². The second kappa shape index (κ2) is 4.61. The van der Waals surface area contributed by atoms with Gasteiger partial charge in [0, 0.05) is 10.4 Å². The lowest BCUT2D eigenvalue weighted by Crippen LogP contribution is -2.13. The predicted molar refractivity (Wildman–Crippen MR) is 73.9 cm³/mol. The highest BCUT2D eigenvalue weighted by Crippen LogP contribution is 2.29. The van der Waals surface area contributed by atoms with Gasteiger partial charge in [-0.1, -0.05) is 0 Å². The zero-order valence-electron chi connectivity index (χ0n) is 10.0. The van der Waals surface area contributed by atoms with Gasteiger partial charge in [0.25, 0.3) is 0 Å². The minimum Gasteiger partial charge on any atom is -0.458 e. The molecular formula is C14H15NO2S. The SMILES string of the molecule is Nc1ccc2sc(C(=O)OC3CCCC3)cc2c1. The highest BCUT2D eigenvalue weighted by atomic mass is 32.1. The Morgan fingerprint density at radius 3 is 2.83 bits per heavy atom. The van der Waals surface area contributed by atoms with Crippen LogP contribution in [0, 0.1) is 0 Å². The largest absolute Gasteiger partial charge is 0.458 e. The minimum atomic E-state index is -0.193. The summed E-state index contributed by atoms with van der Waals surface area (Å²) in [5, 5.41) is 1.01. The van der Waals surface area contributed by atoms with Crippen LogP contribution in [-0.2, 0) is 4.74 Å². The zero-order chi connectivity index (χ0) is 12.5. The summed E-state index contributed by atoms with van der Waals surface area (Å²) >= 11 is 1.47. The average molecular weight is 261 g/mol. The molecule has 4 heteroatoms. The molecule has 0 saturated heterocycles. The van der Waals surface area contributed by atoms with Crippen LogP contribution in [0.5, 0.6) is 0 Å². The van der Waals surface area contributed by atoms with E-state index < -0.39 is 0 Å². The summed E-state index contributed by atoms with van der Waals surface area (Å²) in [7, 11) is 0. The second-order valence-corrected chi connectivity index (χ2v) is 5.80. The topological polar surface area (TPSA) is 52.3 Å². The lowest BCUT2D eigenvalue weighted by Gasteiger charge is -2.09. The molecule has 1 aromatic heterocycles. The molecule has 0 unspecified atom stereocenters. The molecule has 1 aliphatic rings. The third-order valence-corrected chi connectivity index (χ3v) is 4.41. The molecule has 0 atom stereocenters. The van der Waals surface area contributed by atoms with Gasteiger partial charge in [0.2, 0.25) is 0 Å². The Morgan fingerprint density at radius 2 is 2.06 bits per heavy atom. The summed E-state index contributed by atoms with van der Waals surface area (Å²) in [6.45, 7) is 0. The van der Waals surface area contributed by atoms with Gasteiger partial charge in [-0.15, -0.1) is 11.3 Å². The first-order valence-corrected chi connectivity index (χ1v) is 7.04. The van der Waals surface area contributed by atoms with Crippen LogP contribution >= 0.6 is 11.3 Å². The van der Waals surface area contributed by atoms with Crippen molar-refractivity contribution in [2.45, 2.75) is 31.8 Å². The van der Waals surface area contributed by atoms with E-state index in [0.717, 1.165) is 28.6 Å². The van der Waals surface area contributed by atoms with E-state index in [1.54, 1.807) is 0 Å². The molecular weight excluding hydrogens is 246 g/mol. The lowest BCUT2D eigenvalue weighted by atomic mass is 10.2. The molecule has 0 amide bonds. The number of anilines is 1. The number of nitrogens with two attached hydrogens (primary N) is 1. The van der Waals surface area contributed by atoms with Crippen molar-refractivity contribution in [1.82, 2.24) is 0 Å². The van der Waals surface area contributed by atoms with Crippen molar-refractivity contribution < 1.29 is 9.53 Å². The van der Waals surface area contributed by atoms with Crippen molar-refractivity contribution in [2.24, 2.45) is 0 Å². The monoisotopic (exact) mass is 261 g/mol. The molecule has 94 valence electrons. The molecule has 1 aromatic carbocycles. The highest BCUT2D eigenvalue weighted by Gasteiger charge is 2.21. The molecule has 3 rings (SSSR count). The van der Waals surface area contributed by atoms with Gasteiger partial charge >= 0.3 is 5.97 Å². The molecule has 0 spiro atoms. The molecule has 2 N–H and O–H groups in total. The Hall–Kier alpha value is -1.55. The molecule has 2 aromatic rings. The third-order valence-electron chi connectivity index (χ3n) is 3.32. The van der Waals surface area contributed by atoms with E-state index in [1.165, 1.54) is 24.2 Å². The Labute approximate surface area is 110 Å². The van der Waals surface area contributed by atoms with E-state index >= 15 is 0 Å². The summed E-state index contributed by atoms with van der Waals surface area (Å²) < 4.78 is 6.57. The molecule has 18 heavy (non-hydrogen) atoms. The van der Waals surface area contributed by atoms with Crippen molar-refractivity contribution in [3.63, 3.8) is 0 Å². The number of carbonyl (C=O) groups is 1. The zero-order valence-corrected chi connectivity index (χ0v) is 10.8. The molecule has 1 fully saturated rings. The summed E-state index contributed by atoms with van der Waals surface area (Å²) in [5.74, 6) is -0.193. The van der Waals surface area contributed by atoms with Crippen LogP contribution in [-0.4, -0.2) is 12.1 Å². The first-order chi connectivity index (χ1) is 8.72. The lowest BCUT2D eigenvalue weighted by molar-refractivity contribution is 0.0324. The average Bonchev–Trinajstić information content (AvgIpc) is 2.96. The van der Waals surface area contributed by atoms with Crippen LogP contribution in [0.3, 0.4) is 0 Å². The van der Waals surface area contributed by atoms with Crippen LogP contribution in [0.1, 0.15) is 35.4 Å². The second-order valence-electron chi connectivity index (χ2n) is 4.72. The normalized spacial score (nSPS) is 16.2.